The van der Waals surface area contributed by atoms with Gasteiger partial charge >= 0.3 is 0 Å². The van der Waals surface area contributed by atoms with Gasteiger partial charge in [0.1, 0.15) is 7.35 Å². The van der Waals surface area contributed by atoms with Crippen LogP contribution in [0.15, 0.2) is 0 Å². The molecule has 0 aromatic heterocycles. The van der Waals surface area contributed by atoms with Crippen molar-refractivity contribution in [1.29, 1.82) is 0 Å². The lowest BCUT2D eigenvalue weighted by atomic mass is 9.98. The number of hydrogen-bond donors (Lipinski definition) is 2. The highest BCUT2D eigenvalue weighted by Gasteiger charge is 2.56. The first kappa shape index (κ1) is 17.8. The van der Waals surface area contributed by atoms with Crippen molar-refractivity contribution >= 4 is 30.9 Å². The van der Waals surface area contributed by atoms with Gasteiger partial charge in [-0.05, 0) is 52.1 Å². The van der Waals surface area contributed by atoms with Crippen LogP contribution in [-0.4, -0.2) is 46.5 Å². The molecule has 2 N–H and O–H groups in total. The highest BCUT2D eigenvalue weighted by molar-refractivity contribution is 7.78. The summed E-state index contributed by atoms with van der Waals surface area (Å²) < 4.78 is 6.53. The molecule has 113 valence electrons. The van der Waals surface area contributed by atoms with Crippen LogP contribution in [0.2, 0.25) is 39.3 Å². The minimum absolute atomic E-state index is 0.392. The molecular weight excluding hydrogens is 304 g/mol. The van der Waals surface area contributed by atoms with Gasteiger partial charge in [-0.15, -0.1) is 0 Å². The normalized spacial score (nSPS) is 20.1. The van der Waals surface area contributed by atoms with E-state index in [2.05, 4.69) is 13.1 Å². The Morgan fingerprint density at radius 1 is 0.842 bits per heavy atom. The first-order valence-electron chi connectivity index (χ1n) is 7.45. The Balaban J connectivity index is 2.86. The van der Waals surface area contributed by atoms with Crippen LogP contribution in [0.25, 0.3) is 0 Å². The summed E-state index contributed by atoms with van der Waals surface area (Å²) in [4.78, 5) is 21.4. The summed E-state index contributed by atoms with van der Waals surface area (Å²) in [7, 11) is -7.69. The zero-order chi connectivity index (χ0) is 14.9. The van der Waals surface area contributed by atoms with E-state index in [-0.39, 0.29) is 0 Å². The molecule has 1 fully saturated rings. The molecule has 0 heterocycles. The summed E-state index contributed by atoms with van der Waals surface area (Å²) >= 11 is 0. The van der Waals surface area contributed by atoms with E-state index in [0.29, 0.717) is 6.10 Å². The van der Waals surface area contributed by atoms with Crippen LogP contribution in [0, 0.1) is 0 Å². The lowest BCUT2D eigenvalue weighted by Gasteiger charge is -2.44. The standard InChI is InChI=1S/C12H31O3Si4/c1-17(2,13)16(18(3,4)14)19(5,6)15-12-10-8-7-9-11-12/h12-14H,7-11H2,1-6H3. The van der Waals surface area contributed by atoms with Crippen molar-refractivity contribution in [2.24, 2.45) is 0 Å². The Morgan fingerprint density at radius 2 is 1.26 bits per heavy atom. The van der Waals surface area contributed by atoms with Crippen molar-refractivity contribution < 1.29 is 14.0 Å². The predicted molar refractivity (Wildman–Crippen MR) is 90.6 cm³/mol. The highest BCUT2D eigenvalue weighted by Crippen LogP contribution is 2.29. The second-order valence-electron chi connectivity index (χ2n) is 7.38. The third kappa shape index (κ3) is 5.22. The molecule has 1 radical (unpaired) electrons. The van der Waals surface area contributed by atoms with Crippen LogP contribution in [0.1, 0.15) is 32.1 Å². The summed E-state index contributed by atoms with van der Waals surface area (Å²) in [5.41, 5.74) is 0. The molecule has 0 bridgehead atoms. The molecular formula is C12H31O3Si4. The lowest BCUT2D eigenvalue weighted by Crippen LogP contribution is -2.75. The Bertz CT molecular complexity index is 276. The topological polar surface area (TPSA) is 49.7 Å². The summed E-state index contributed by atoms with van der Waals surface area (Å²) in [6.07, 6.45) is 6.62. The molecule has 0 aromatic rings. The van der Waals surface area contributed by atoms with Crippen molar-refractivity contribution in [3.63, 3.8) is 0 Å². The maximum Gasteiger partial charge on any atom is 0.172 e. The zero-order valence-electron chi connectivity index (χ0n) is 13.4. The first-order chi connectivity index (χ1) is 8.44. The molecule has 19 heavy (non-hydrogen) atoms. The largest absolute Gasteiger partial charge is 0.435 e. The fraction of sp³-hybridized carbons (Fsp3) is 1.00. The predicted octanol–water partition coefficient (Wildman–Crippen LogP) is 2.67. The summed E-state index contributed by atoms with van der Waals surface area (Å²) in [6, 6.07) is 0. The number of rotatable bonds is 5. The van der Waals surface area contributed by atoms with E-state index in [0.717, 1.165) is 0 Å². The SMILES string of the molecule is C[Si](C)(O)[Si]([Si](C)(C)O)[Si](C)(C)OC1CCCCC1. The van der Waals surface area contributed by atoms with Gasteiger partial charge in [-0.25, -0.2) is 0 Å². The third-order valence-electron chi connectivity index (χ3n) is 3.84. The quantitative estimate of drug-likeness (QED) is 0.759. The monoisotopic (exact) mass is 335 g/mol. The average Bonchev–Trinajstić information content (AvgIpc) is 2.11. The van der Waals surface area contributed by atoms with Crippen molar-refractivity contribution in [3.8, 4) is 0 Å². The van der Waals surface area contributed by atoms with Gasteiger partial charge < -0.3 is 14.0 Å². The molecule has 0 atom stereocenters. The fourth-order valence-electron chi connectivity index (χ4n) is 3.88. The molecule has 1 saturated carbocycles. The molecule has 3 nitrogen and oxygen atoms in total. The van der Waals surface area contributed by atoms with Gasteiger partial charge in [0.15, 0.2) is 23.5 Å². The Morgan fingerprint density at radius 3 is 1.63 bits per heavy atom. The third-order valence-corrected chi connectivity index (χ3v) is 52.6. The minimum atomic E-state index is -2.29. The van der Waals surface area contributed by atoms with E-state index in [1.807, 2.05) is 26.2 Å². The van der Waals surface area contributed by atoms with Crippen LogP contribution in [-0.2, 0) is 4.43 Å². The van der Waals surface area contributed by atoms with Crippen molar-refractivity contribution in [1.82, 2.24) is 0 Å². The second-order valence-corrected chi connectivity index (χ2v) is 37.6. The van der Waals surface area contributed by atoms with E-state index in [1.165, 1.54) is 32.1 Å². The Hall–Kier alpha value is 0.748. The van der Waals surface area contributed by atoms with Crippen LogP contribution >= 0.6 is 0 Å². The minimum Gasteiger partial charge on any atom is -0.435 e. The summed E-state index contributed by atoms with van der Waals surface area (Å²) in [5.74, 6) is 0. The van der Waals surface area contributed by atoms with Gasteiger partial charge in [0.2, 0.25) is 0 Å². The molecule has 7 heteroatoms. The van der Waals surface area contributed by atoms with Crippen LogP contribution < -0.4 is 0 Å². The van der Waals surface area contributed by atoms with E-state index in [1.54, 1.807) is 0 Å². The van der Waals surface area contributed by atoms with Gasteiger partial charge in [-0.1, -0.05) is 19.3 Å². The molecule has 0 aliphatic heterocycles. The smallest absolute Gasteiger partial charge is 0.172 e. The molecule has 0 amide bonds. The van der Waals surface area contributed by atoms with Crippen LogP contribution in [0.5, 0.6) is 0 Å². The van der Waals surface area contributed by atoms with Gasteiger partial charge in [-0.3, -0.25) is 0 Å². The Labute approximate surface area is 122 Å². The lowest BCUT2D eigenvalue weighted by molar-refractivity contribution is 0.152. The second kappa shape index (κ2) is 6.25. The first-order valence-corrected chi connectivity index (χ1v) is 20.8. The molecule has 1 rings (SSSR count). The maximum atomic E-state index is 10.7. The Kier molecular flexibility index (Phi) is 5.85. The highest BCUT2D eigenvalue weighted by atomic mass is 29.9. The number of hydrogen-bond acceptors (Lipinski definition) is 3. The average molecular weight is 336 g/mol. The van der Waals surface area contributed by atoms with E-state index >= 15 is 0 Å². The van der Waals surface area contributed by atoms with E-state index in [9.17, 15) is 9.59 Å². The van der Waals surface area contributed by atoms with Crippen LogP contribution in [0.4, 0.5) is 0 Å². The van der Waals surface area contributed by atoms with Gasteiger partial charge in [-0.2, -0.15) is 0 Å². The van der Waals surface area contributed by atoms with Gasteiger partial charge in [0, 0.05) is 6.10 Å². The maximum absolute atomic E-state index is 10.7. The summed E-state index contributed by atoms with van der Waals surface area (Å²) in [5, 5.41) is 0. The molecule has 0 unspecified atom stereocenters. The molecule has 1 aliphatic carbocycles. The van der Waals surface area contributed by atoms with Crippen molar-refractivity contribution in [2.75, 3.05) is 0 Å². The van der Waals surface area contributed by atoms with Gasteiger partial charge in [0.05, 0.1) is 0 Å². The van der Waals surface area contributed by atoms with Crippen molar-refractivity contribution in [3.05, 3.63) is 0 Å². The van der Waals surface area contributed by atoms with Gasteiger partial charge in [0.25, 0.3) is 0 Å². The zero-order valence-corrected chi connectivity index (χ0v) is 17.4. The van der Waals surface area contributed by atoms with Crippen LogP contribution in [0.3, 0.4) is 0 Å². The molecule has 1 aliphatic rings. The molecule has 0 saturated heterocycles. The fourth-order valence-corrected chi connectivity index (χ4v) is 64.8. The molecule has 0 aromatic carbocycles. The van der Waals surface area contributed by atoms with Crippen molar-refractivity contribution in [2.45, 2.75) is 77.5 Å². The molecule has 0 spiro atoms. The summed E-state index contributed by atoms with van der Waals surface area (Å²) in [6.45, 7) is 12.5. The van der Waals surface area contributed by atoms with E-state index < -0.39 is 30.9 Å². The van der Waals surface area contributed by atoms with E-state index in [4.69, 9.17) is 4.43 Å².